The summed E-state index contributed by atoms with van der Waals surface area (Å²) in [6.45, 7) is 2.62. The van der Waals surface area contributed by atoms with Gasteiger partial charge in [-0.2, -0.15) is 10.5 Å². The summed E-state index contributed by atoms with van der Waals surface area (Å²) >= 11 is 1.48. The molecule has 0 bridgehead atoms. The number of thiazole rings is 1. The van der Waals surface area contributed by atoms with Crippen LogP contribution in [0.2, 0.25) is 0 Å². The Morgan fingerprint density at radius 2 is 2.05 bits per heavy atom. The molecule has 4 nitrogen and oxygen atoms in total. The summed E-state index contributed by atoms with van der Waals surface area (Å²) in [5.41, 5.74) is 3.51. The molecule has 5 heteroatoms. The van der Waals surface area contributed by atoms with Gasteiger partial charge in [0.2, 0.25) is 0 Å². The first-order valence-electron chi connectivity index (χ1n) is 6.86. The van der Waals surface area contributed by atoms with Gasteiger partial charge in [0, 0.05) is 30.4 Å². The molecule has 22 heavy (non-hydrogen) atoms. The molecule has 0 amide bonds. The van der Waals surface area contributed by atoms with Crippen LogP contribution in [0.5, 0.6) is 0 Å². The quantitative estimate of drug-likeness (QED) is 0.787. The van der Waals surface area contributed by atoms with Crippen LogP contribution in [0.25, 0.3) is 11.6 Å². The van der Waals surface area contributed by atoms with Crippen LogP contribution in [0.15, 0.2) is 29.6 Å². The van der Waals surface area contributed by atoms with Crippen molar-refractivity contribution < 1.29 is 0 Å². The summed E-state index contributed by atoms with van der Waals surface area (Å²) in [7, 11) is 1.96. The maximum atomic E-state index is 9.30. The first-order valence-corrected chi connectivity index (χ1v) is 7.74. The molecular formula is C17H16N4S. The van der Waals surface area contributed by atoms with E-state index in [1.165, 1.54) is 11.3 Å². The summed E-state index contributed by atoms with van der Waals surface area (Å²) in [5.74, 6) is 0. The van der Waals surface area contributed by atoms with Gasteiger partial charge in [-0.25, -0.2) is 4.98 Å². The summed E-state index contributed by atoms with van der Waals surface area (Å²) in [6, 6.07) is 12.3. The van der Waals surface area contributed by atoms with E-state index >= 15 is 0 Å². The summed E-state index contributed by atoms with van der Waals surface area (Å²) in [5, 5.41) is 20.6. The molecule has 0 aliphatic heterocycles. The smallest absolute Gasteiger partial charge is 0.134 e. The number of anilines is 1. The zero-order chi connectivity index (χ0) is 15.9. The van der Waals surface area contributed by atoms with Gasteiger partial charge in [-0.05, 0) is 30.7 Å². The van der Waals surface area contributed by atoms with Gasteiger partial charge < -0.3 is 4.90 Å². The second kappa shape index (κ2) is 7.40. The van der Waals surface area contributed by atoms with Crippen LogP contribution in [0, 0.1) is 29.6 Å². The topological polar surface area (TPSA) is 63.7 Å². The van der Waals surface area contributed by atoms with Crippen LogP contribution in [0.4, 0.5) is 5.69 Å². The SMILES string of the molecule is Cc1csc(C(C#N)=Cc2ccc(N(C)CCC#N)cc2)n1. The molecule has 0 atom stereocenters. The zero-order valence-corrected chi connectivity index (χ0v) is 13.4. The van der Waals surface area contributed by atoms with Crippen molar-refractivity contribution in [3.05, 3.63) is 45.9 Å². The molecule has 0 spiro atoms. The van der Waals surface area contributed by atoms with E-state index in [1.807, 2.05) is 54.6 Å². The number of benzene rings is 1. The van der Waals surface area contributed by atoms with Crippen LogP contribution in [-0.2, 0) is 0 Å². The van der Waals surface area contributed by atoms with Crippen molar-refractivity contribution in [2.24, 2.45) is 0 Å². The van der Waals surface area contributed by atoms with Crippen LogP contribution in [0.1, 0.15) is 22.7 Å². The summed E-state index contributed by atoms with van der Waals surface area (Å²) in [4.78, 5) is 6.38. The predicted octanol–water partition coefficient (Wildman–Crippen LogP) is 3.87. The van der Waals surface area contributed by atoms with E-state index in [9.17, 15) is 5.26 Å². The molecule has 0 unspecified atom stereocenters. The highest BCUT2D eigenvalue weighted by molar-refractivity contribution is 7.11. The number of nitrogens with zero attached hydrogens (tertiary/aromatic N) is 4. The first-order chi connectivity index (χ1) is 10.6. The minimum atomic E-state index is 0.500. The van der Waals surface area contributed by atoms with Gasteiger partial charge in [0.05, 0.1) is 18.1 Å². The highest BCUT2D eigenvalue weighted by Crippen LogP contribution is 2.22. The number of aryl methyl sites for hydroxylation is 1. The normalized spacial score (nSPS) is 10.8. The fourth-order valence-electron chi connectivity index (χ4n) is 1.96. The molecule has 0 aliphatic carbocycles. The van der Waals surface area contributed by atoms with E-state index in [0.717, 1.165) is 22.0 Å². The average Bonchev–Trinajstić information content (AvgIpc) is 2.97. The Morgan fingerprint density at radius 3 is 2.59 bits per heavy atom. The van der Waals surface area contributed by atoms with Gasteiger partial charge in [-0.15, -0.1) is 11.3 Å². The Balaban J connectivity index is 2.18. The van der Waals surface area contributed by atoms with E-state index in [2.05, 4.69) is 17.1 Å². The molecule has 0 fully saturated rings. The lowest BCUT2D eigenvalue weighted by atomic mass is 10.1. The summed E-state index contributed by atoms with van der Waals surface area (Å²) < 4.78 is 0. The monoisotopic (exact) mass is 308 g/mol. The minimum absolute atomic E-state index is 0.500. The third kappa shape index (κ3) is 3.94. The highest BCUT2D eigenvalue weighted by atomic mass is 32.1. The lowest BCUT2D eigenvalue weighted by Crippen LogP contribution is -2.17. The summed E-state index contributed by atoms with van der Waals surface area (Å²) in [6.07, 6.45) is 2.34. The van der Waals surface area contributed by atoms with Crippen molar-refractivity contribution in [1.82, 2.24) is 4.98 Å². The number of rotatable bonds is 5. The maximum Gasteiger partial charge on any atom is 0.134 e. The predicted molar refractivity (Wildman–Crippen MR) is 90.3 cm³/mol. The Kier molecular flexibility index (Phi) is 5.30. The number of nitriles is 2. The molecule has 0 saturated heterocycles. The number of hydrogen-bond acceptors (Lipinski definition) is 5. The van der Waals surface area contributed by atoms with Crippen molar-refractivity contribution in [1.29, 1.82) is 10.5 Å². The maximum absolute atomic E-state index is 9.30. The highest BCUT2D eigenvalue weighted by Gasteiger charge is 2.06. The van der Waals surface area contributed by atoms with E-state index in [-0.39, 0.29) is 0 Å². The van der Waals surface area contributed by atoms with Crippen LogP contribution >= 0.6 is 11.3 Å². The van der Waals surface area contributed by atoms with Gasteiger partial charge >= 0.3 is 0 Å². The molecule has 110 valence electrons. The Labute approximate surface area is 134 Å². The van der Waals surface area contributed by atoms with Gasteiger partial charge in [0.15, 0.2) is 0 Å². The van der Waals surface area contributed by atoms with E-state index in [0.29, 0.717) is 18.5 Å². The van der Waals surface area contributed by atoms with E-state index in [1.54, 1.807) is 0 Å². The Morgan fingerprint density at radius 1 is 1.32 bits per heavy atom. The number of aromatic nitrogens is 1. The van der Waals surface area contributed by atoms with Crippen molar-refractivity contribution in [2.45, 2.75) is 13.3 Å². The van der Waals surface area contributed by atoms with Crippen LogP contribution < -0.4 is 4.90 Å². The average molecular weight is 308 g/mol. The fourth-order valence-corrected chi connectivity index (χ4v) is 2.72. The van der Waals surface area contributed by atoms with Gasteiger partial charge in [0.1, 0.15) is 11.1 Å². The fraction of sp³-hybridized carbons (Fsp3) is 0.235. The first kappa shape index (κ1) is 15.8. The van der Waals surface area contributed by atoms with Crippen molar-refractivity contribution in [2.75, 3.05) is 18.5 Å². The van der Waals surface area contributed by atoms with E-state index in [4.69, 9.17) is 5.26 Å². The Bertz CT molecular complexity index is 744. The molecule has 0 saturated carbocycles. The largest absolute Gasteiger partial charge is 0.374 e. The molecule has 2 aromatic rings. The van der Waals surface area contributed by atoms with Gasteiger partial charge in [-0.3, -0.25) is 0 Å². The number of hydrogen-bond donors (Lipinski definition) is 0. The van der Waals surface area contributed by atoms with Gasteiger partial charge in [0.25, 0.3) is 0 Å². The second-order valence-electron chi connectivity index (χ2n) is 4.89. The molecule has 2 rings (SSSR count). The second-order valence-corrected chi connectivity index (χ2v) is 5.74. The van der Waals surface area contributed by atoms with Gasteiger partial charge in [-0.1, -0.05) is 12.1 Å². The molecule has 0 N–H and O–H groups in total. The third-order valence-electron chi connectivity index (χ3n) is 3.17. The standard InChI is InChI=1S/C17H16N4S/c1-13-12-22-17(20-13)15(11-19)10-14-4-6-16(7-5-14)21(2)9-3-8-18/h4-7,10,12H,3,9H2,1-2H3. The molecule has 0 radical (unpaired) electrons. The van der Waals surface area contributed by atoms with Crippen molar-refractivity contribution in [3.63, 3.8) is 0 Å². The van der Waals surface area contributed by atoms with Crippen molar-refractivity contribution in [3.8, 4) is 12.1 Å². The molecule has 1 heterocycles. The Hall–Kier alpha value is -2.63. The molecule has 1 aromatic carbocycles. The van der Waals surface area contributed by atoms with Crippen molar-refractivity contribution >= 4 is 28.7 Å². The molecule has 1 aromatic heterocycles. The minimum Gasteiger partial charge on any atom is -0.374 e. The molecular weight excluding hydrogens is 292 g/mol. The lowest BCUT2D eigenvalue weighted by molar-refractivity contribution is 0.905. The van der Waals surface area contributed by atoms with Crippen LogP contribution in [0.3, 0.4) is 0 Å². The zero-order valence-electron chi connectivity index (χ0n) is 12.6. The molecule has 0 aliphatic rings. The van der Waals surface area contributed by atoms with Crippen LogP contribution in [-0.4, -0.2) is 18.6 Å². The third-order valence-corrected chi connectivity index (χ3v) is 4.17. The number of allylic oxidation sites excluding steroid dienone is 1. The lowest BCUT2D eigenvalue weighted by Gasteiger charge is -2.17. The van der Waals surface area contributed by atoms with E-state index < -0.39 is 0 Å².